The summed E-state index contributed by atoms with van der Waals surface area (Å²) in [5.74, 6) is 0. The van der Waals surface area contributed by atoms with E-state index in [2.05, 4.69) is 219 Å². The standard InChI is InChI=1S/C65H50N5.Ir/c1-42-44(3)69-34-31-53-37-46(21-28-58(53)64(69)67-42)17-19-48-36-49(20-18-47-22-29-59-54(38-47)32-35-70-45(4)43(2)68-65(59)70)40-56(39-48)57-14-8-9-15-60(57)61-30-27-55(63-16-10-11-33-66-63)41-62(61)52-25-23-51(24-26-52)50-12-6-5-7-13-50;/h5-16,21-26,30-41H,17-20H2,1-4H3;/q-3;+3. The summed E-state index contributed by atoms with van der Waals surface area (Å²) in [4.78, 5) is 14.5. The van der Waals surface area contributed by atoms with Crippen LogP contribution in [0.25, 0.3) is 88.6 Å². The summed E-state index contributed by atoms with van der Waals surface area (Å²) in [5.41, 5.74) is 22.7. The number of hydrogen-bond donors (Lipinski definition) is 0. The van der Waals surface area contributed by atoms with Gasteiger partial charge < -0.3 is 13.8 Å². The van der Waals surface area contributed by atoms with Gasteiger partial charge in [-0.1, -0.05) is 151 Å². The zero-order valence-electron chi connectivity index (χ0n) is 40.2. The van der Waals surface area contributed by atoms with Crippen LogP contribution in [0.4, 0.5) is 0 Å². The molecule has 0 aliphatic rings. The van der Waals surface area contributed by atoms with Crippen molar-refractivity contribution in [1.82, 2.24) is 23.8 Å². The Hall–Kier alpha value is -7.76. The van der Waals surface area contributed by atoms with Crippen molar-refractivity contribution in [3.63, 3.8) is 0 Å². The molecule has 0 atom stereocenters. The molecule has 0 bridgehead atoms. The van der Waals surface area contributed by atoms with E-state index in [1.807, 2.05) is 18.3 Å². The summed E-state index contributed by atoms with van der Waals surface area (Å²) >= 11 is 0. The molecule has 71 heavy (non-hydrogen) atoms. The number of hydrogen-bond acceptors (Lipinski definition) is 3. The number of nitrogens with zero attached hydrogens (tertiary/aromatic N) is 5. The van der Waals surface area contributed by atoms with Crippen molar-refractivity contribution in [2.24, 2.45) is 0 Å². The van der Waals surface area contributed by atoms with Gasteiger partial charge in [0.05, 0.1) is 11.3 Å². The Morgan fingerprint density at radius 2 is 0.958 bits per heavy atom. The Balaban J connectivity index is 0.00000547. The van der Waals surface area contributed by atoms with Gasteiger partial charge in [0.1, 0.15) is 0 Å². The van der Waals surface area contributed by atoms with Crippen LogP contribution in [0.5, 0.6) is 0 Å². The van der Waals surface area contributed by atoms with Gasteiger partial charge in [-0.15, -0.1) is 92.8 Å². The molecule has 5 nitrogen and oxygen atoms in total. The van der Waals surface area contributed by atoms with E-state index in [9.17, 15) is 0 Å². The van der Waals surface area contributed by atoms with Crippen LogP contribution < -0.4 is 0 Å². The van der Waals surface area contributed by atoms with Crippen LogP contribution in [0.1, 0.15) is 45.0 Å². The number of imidazole rings is 2. The number of pyridine rings is 3. The monoisotopic (exact) mass is 1090 g/mol. The minimum atomic E-state index is 0. The summed E-state index contributed by atoms with van der Waals surface area (Å²) in [6.45, 7) is 8.39. The fourth-order valence-electron chi connectivity index (χ4n) is 10.2. The zero-order valence-corrected chi connectivity index (χ0v) is 42.6. The van der Waals surface area contributed by atoms with Gasteiger partial charge in [0, 0.05) is 29.0 Å². The minimum Gasteiger partial charge on any atom is -0.344 e. The van der Waals surface area contributed by atoms with Crippen LogP contribution in [0.15, 0.2) is 182 Å². The first kappa shape index (κ1) is 45.7. The predicted molar refractivity (Wildman–Crippen MR) is 287 cm³/mol. The first-order valence-electron chi connectivity index (χ1n) is 24.2. The molecule has 6 heteroatoms. The third-order valence-corrected chi connectivity index (χ3v) is 14.3. The average molecular weight is 1090 g/mol. The van der Waals surface area contributed by atoms with Gasteiger partial charge in [-0.05, 0) is 104 Å². The van der Waals surface area contributed by atoms with Crippen LogP contribution in [0.3, 0.4) is 0 Å². The molecule has 12 rings (SSSR count). The number of rotatable bonds is 11. The van der Waals surface area contributed by atoms with Gasteiger partial charge in [-0.3, -0.25) is 9.97 Å². The van der Waals surface area contributed by atoms with Gasteiger partial charge in [0.25, 0.3) is 0 Å². The van der Waals surface area contributed by atoms with Crippen molar-refractivity contribution in [3.05, 3.63) is 246 Å². The number of benzene rings is 7. The molecule has 5 aromatic heterocycles. The van der Waals surface area contributed by atoms with Crippen molar-refractivity contribution in [2.75, 3.05) is 0 Å². The molecule has 0 saturated heterocycles. The quantitative estimate of drug-likeness (QED) is 0.121. The Morgan fingerprint density at radius 3 is 1.55 bits per heavy atom. The average Bonchev–Trinajstić information content (AvgIpc) is 3.88. The molecule has 0 unspecified atom stereocenters. The van der Waals surface area contributed by atoms with E-state index in [4.69, 9.17) is 15.0 Å². The number of aryl methyl sites for hydroxylation is 8. The summed E-state index contributed by atoms with van der Waals surface area (Å²) in [6, 6.07) is 70.4. The van der Waals surface area contributed by atoms with Gasteiger partial charge in [-0.2, -0.15) is 0 Å². The molecule has 0 N–H and O–H groups in total. The molecule has 0 saturated carbocycles. The van der Waals surface area contributed by atoms with Gasteiger partial charge in [0.15, 0.2) is 0 Å². The van der Waals surface area contributed by atoms with Crippen molar-refractivity contribution in [2.45, 2.75) is 53.4 Å². The summed E-state index contributed by atoms with van der Waals surface area (Å²) in [5, 5.41) is 4.46. The zero-order chi connectivity index (χ0) is 47.3. The summed E-state index contributed by atoms with van der Waals surface area (Å²) in [6.07, 6.45) is 9.69. The van der Waals surface area contributed by atoms with Gasteiger partial charge in [0.2, 0.25) is 0 Å². The van der Waals surface area contributed by atoms with Crippen molar-refractivity contribution >= 4 is 32.8 Å². The van der Waals surface area contributed by atoms with Crippen molar-refractivity contribution in [3.8, 4) is 55.8 Å². The molecule has 7 aromatic carbocycles. The maximum absolute atomic E-state index is 4.89. The van der Waals surface area contributed by atoms with Gasteiger partial charge >= 0.3 is 20.1 Å². The molecule has 344 valence electrons. The van der Waals surface area contributed by atoms with E-state index in [0.717, 1.165) is 92.6 Å². The van der Waals surface area contributed by atoms with Crippen LogP contribution in [-0.2, 0) is 45.8 Å². The third kappa shape index (κ3) is 8.80. The first-order chi connectivity index (χ1) is 34.3. The third-order valence-electron chi connectivity index (χ3n) is 14.3. The predicted octanol–water partition coefficient (Wildman–Crippen LogP) is 15.2. The van der Waals surface area contributed by atoms with Crippen LogP contribution >= 0.6 is 0 Å². The maximum atomic E-state index is 4.89. The van der Waals surface area contributed by atoms with E-state index in [0.29, 0.717) is 0 Å². The van der Waals surface area contributed by atoms with Crippen LogP contribution in [0, 0.1) is 45.9 Å². The Morgan fingerprint density at radius 1 is 0.423 bits per heavy atom. The summed E-state index contributed by atoms with van der Waals surface area (Å²) < 4.78 is 4.35. The second-order valence-corrected chi connectivity index (χ2v) is 18.7. The van der Waals surface area contributed by atoms with Crippen LogP contribution in [0.2, 0.25) is 0 Å². The SMILES string of the molecule is Cc1nc2c3[c-]cc(CCc4cc(CCc5c[c-]c6c(ccn7c(C)c(C)nc67)c5)cc(-c5ccccc5-c5c[c-]c(-c6ccccn6)cc5-c5ccc(-c6ccccc6)cc5)c4)cc3ccn2c1C.[Ir+3]. The summed E-state index contributed by atoms with van der Waals surface area (Å²) in [7, 11) is 0. The molecule has 0 aliphatic heterocycles. The molecule has 0 radical (unpaired) electrons. The smallest absolute Gasteiger partial charge is 0.344 e. The minimum absolute atomic E-state index is 0. The Labute approximate surface area is 428 Å². The van der Waals surface area contributed by atoms with E-state index in [-0.39, 0.29) is 20.1 Å². The first-order valence-corrected chi connectivity index (χ1v) is 24.2. The topological polar surface area (TPSA) is 47.5 Å². The number of fused-ring (bicyclic) bond motifs is 6. The molecule has 0 fully saturated rings. The van der Waals surface area contributed by atoms with E-state index >= 15 is 0 Å². The fourth-order valence-corrected chi connectivity index (χ4v) is 10.2. The molecule has 0 aliphatic carbocycles. The molecule has 0 amide bonds. The normalized spacial score (nSPS) is 11.5. The van der Waals surface area contributed by atoms with Crippen LogP contribution in [-0.4, -0.2) is 23.8 Å². The number of aromatic nitrogens is 5. The van der Waals surface area contributed by atoms with E-state index in [1.165, 1.54) is 66.7 Å². The maximum Gasteiger partial charge on any atom is 3.00 e. The second-order valence-electron chi connectivity index (χ2n) is 18.7. The van der Waals surface area contributed by atoms with E-state index < -0.39 is 0 Å². The molecule has 0 spiro atoms. The molecular formula is C65H50IrN5. The molecule has 12 aromatic rings. The molecular weight excluding hydrogens is 1040 g/mol. The van der Waals surface area contributed by atoms with Crippen molar-refractivity contribution < 1.29 is 20.1 Å². The van der Waals surface area contributed by atoms with Gasteiger partial charge in [-0.25, -0.2) is 0 Å². The van der Waals surface area contributed by atoms with Crippen molar-refractivity contribution in [1.29, 1.82) is 0 Å². The fraction of sp³-hybridized carbons (Fsp3) is 0.123. The Bertz CT molecular complexity index is 3780. The second kappa shape index (κ2) is 19.2. The molecule has 5 heterocycles. The largest absolute Gasteiger partial charge is 3.00 e. The Kier molecular flexibility index (Phi) is 12.4. The van der Waals surface area contributed by atoms with E-state index in [1.54, 1.807) is 0 Å².